The summed E-state index contributed by atoms with van der Waals surface area (Å²) in [6.07, 6.45) is 5.22. The number of aromatic nitrogens is 1. The number of benzene rings is 1. The van der Waals surface area contributed by atoms with Crippen LogP contribution < -0.4 is 5.32 Å². The Morgan fingerprint density at radius 2 is 1.97 bits per heavy atom. The van der Waals surface area contributed by atoms with Crippen LogP contribution in [0.15, 0.2) is 28.9 Å². The molecule has 0 fully saturated rings. The summed E-state index contributed by atoms with van der Waals surface area (Å²) in [4.78, 5) is 27.7. The van der Waals surface area contributed by atoms with Gasteiger partial charge in [0, 0.05) is 31.4 Å². The third kappa shape index (κ3) is 4.12. The zero-order valence-electron chi connectivity index (χ0n) is 18.4. The number of rotatable bonds is 8. The Bertz CT molecular complexity index is 972. The fraction of sp³-hybridized carbons (Fsp3) is 0.500. The van der Waals surface area contributed by atoms with E-state index < -0.39 is 0 Å². The molecule has 5 nitrogen and oxygen atoms in total. The zero-order valence-corrected chi connectivity index (χ0v) is 20.0. The van der Waals surface area contributed by atoms with Crippen LogP contribution in [0.3, 0.4) is 0 Å². The Kier molecular flexibility index (Phi) is 7.53. The number of aryl methyl sites for hydroxylation is 1. The molecule has 3 rings (SSSR count). The van der Waals surface area contributed by atoms with Crippen LogP contribution in [0.5, 0.6) is 0 Å². The van der Waals surface area contributed by atoms with E-state index >= 15 is 0 Å². The first-order valence-electron chi connectivity index (χ1n) is 11.0. The molecule has 1 aliphatic rings. The van der Waals surface area contributed by atoms with Crippen LogP contribution in [-0.2, 0) is 11.2 Å². The molecule has 1 heterocycles. The summed E-state index contributed by atoms with van der Waals surface area (Å²) in [6, 6.07) is 6.16. The molecule has 30 heavy (non-hydrogen) atoms. The third-order valence-electron chi connectivity index (χ3n) is 5.95. The van der Waals surface area contributed by atoms with Crippen LogP contribution in [0.25, 0.3) is 16.5 Å². The van der Waals surface area contributed by atoms with Crippen molar-refractivity contribution in [3.05, 3.63) is 40.0 Å². The summed E-state index contributed by atoms with van der Waals surface area (Å²) in [6.45, 7) is 8.11. The van der Waals surface area contributed by atoms with Crippen molar-refractivity contribution in [1.29, 1.82) is 0 Å². The second-order valence-electron chi connectivity index (χ2n) is 7.81. The van der Waals surface area contributed by atoms with E-state index in [2.05, 4.69) is 33.4 Å². The van der Waals surface area contributed by atoms with E-state index in [1.807, 2.05) is 49.4 Å². The second-order valence-corrected chi connectivity index (χ2v) is 8.57. The van der Waals surface area contributed by atoms with Gasteiger partial charge in [0.15, 0.2) is 0 Å². The molecule has 0 aliphatic heterocycles. The average molecular weight is 474 g/mol. The highest BCUT2D eigenvalue weighted by Gasteiger charge is 2.27. The summed E-state index contributed by atoms with van der Waals surface area (Å²) in [7, 11) is 1.89. The molecule has 6 heteroatoms. The standard InChI is InChI=1S/C24H32BrN3O2/c1-5-9-21(29)28-20-11-8-10-18-16(12-13-19(22(18)20)23(28)25)14-17(15-26-4)24(30)27(6-2)7-3/h8,10-11,14,17,26H,5-7,9,12-13,15H2,1-4H3/b16-14+. The zero-order chi connectivity index (χ0) is 21.8. The molecule has 1 N–H and O–H groups in total. The monoisotopic (exact) mass is 473 g/mol. The average Bonchev–Trinajstić information content (AvgIpc) is 3.03. The van der Waals surface area contributed by atoms with Crippen molar-refractivity contribution in [2.75, 3.05) is 26.7 Å². The summed E-state index contributed by atoms with van der Waals surface area (Å²) in [5, 5.41) is 4.32. The molecule has 1 aromatic carbocycles. The van der Waals surface area contributed by atoms with Crippen molar-refractivity contribution in [3.8, 4) is 0 Å². The number of nitrogens with one attached hydrogen (secondary N) is 1. The molecule has 0 saturated carbocycles. The van der Waals surface area contributed by atoms with Gasteiger partial charge >= 0.3 is 0 Å². The summed E-state index contributed by atoms with van der Waals surface area (Å²) >= 11 is 3.70. The fourth-order valence-corrected chi connectivity index (χ4v) is 5.26. The van der Waals surface area contributed by atoms with E-state index in [0.717, 1.165) is 40.3 Å². The maximum atomic E-state index is 13.1. The number of halogens is 1. The van der Waals surface area contributed by atoms with Gasteiger partial charge in [0.1, 0.15) is 0 Å². The first-order valence-corrected chi connectivity index (χ1v) is 11.8. The topological polar surface area (TPSA) is 54.3 Å². The van der Waals surface area contributed by atoms with Gasteiger partial charge in [0.25, 0.3) is 0 Å². The summed E-state index contributed by atoms with van der Waals surface area (Å²) in [5.74, 6) is 0.0839. The predicted octanol–water partition coefficient (Wildman–Crippen LogP) is 4.88. The van der Waals surface area contributed by atoms with E-state index in [1.165, 1.54) is 11.1 Å². The van der Waals surface area contributed by atoms with Crippen molar-refractivity contribution >= 4 is 44.2 Å². The van der Waals surface area contributed by atoms with Crippen molar-refractivity contribution in [2.24, 2.45) is 5.92 Å². The molecule has 1 aromatic heterocycles. The molecule has 0 radical (unpaired) electrons. The van der Waals surface area contributed by atoms with Gasteiger partial charge in [-0.25, -0.2) is 0 Å². The van der Waals surface area contributed by atoms with Crippen molar-refractivity contribution < 1.29 is 9.59 Å². The number of allylic oxidation sites excluding steroid dienone is 1. The molecular weight excluding hydrogens is 442 g/mol. The van der Waals surface area contributed by atoms with Crippen LogP contribution in [0, 0.1) is 5.92 Å². The van der Waals surface area contributed by atoms with E-state index in [9.17, 15) is 9.59 Å². The van der Waals surface area contributed by atoms with Crippen LogP contribution in [0.4, 0.5) is 0 Å². The van der Waals surface area contributed by atoms with Crippen LogP contribution >= 0.6 is 15.9 Å². The van der Waals surface area contributed by atoms with Gasteiger partial charge in [0.05, 0.1) is 16.0 Å². The van der Waals surface area contributed by atoms with Crippen molar-refractivity contribution in [2.45, 2.75) is 46.5 Å². The molecule has 1 unspecified atom stereocenters. The van der Waals surface area contributed by atoms with Gasteiger partial charge in [0.2, 0.25) is 11.8 Å². The molecular formula is C24H32BrN3O2. The lowest BCUT2D eigenvalue weighted by molar-refractivity contribution is -0.133. The number of hydrogen-bond donors (Lipinski definition) is 1. The van der Waals surface area contributed by atoms with Gasteiger partial charge in [-0.3, -0.25) is 14.2 Å². The Morgan fingerprint density at radius 3 is 2.60 bits per heavy atom. The van der Waals surface area contributed by atoms with Crippen molar-refractivity contribution in [1.82, 2.24) is 14.8 Å². The molecule has 162 valence electrons. The molecule has 1 aliphatic carbocycles. The molecule has 2 aromatic rings. The van der Waals surface area contributed by atoms with Gasteiger partial charge < -0.3 is 10.2 Å². The second kappa shape index (κ2) is 9.92. The number of amides is 1. The lowest BCUT2D eigenvalue weighted by atomic mass is 9.86. The quantitative estimate of drug-likeness (QED) is 0.594. The lowest BCUT2D eigenvalue weighted by Crippen LogP contribution is -2.39. The SMILES string of the molecule is CCCC(=O)n1c(Br)c2c3c(cccc31)/C(=C/C(CNC)C(=O)N(CC)CC)CC2. The van der Waals surface area contributed by atoms with Gasteiger partial charge in [-0.15, -0.1) is 0 Å². The normalized spacial score (nSPS) is 15.6. The summed E-state index contributed by atoms with van der Waals surface area (Å²) < 4.78 is 2.71. The van der Waals surface area contributed by atoms with E-state index in [-0.39, 0.29) is 17.7 Å². The Morgan fingerprint density at radius 1 is 1.23 bits per heavy atom. The third-order valence-corrected chi connectivity index (χ3v) is 6.79. The Labute approximate surface area is 187 Å². The van der Waals surface area contributed by atoms with E-state index in [4.69, 9.17) is 0 Å². The van der Waals surface area contributed by atoms with Gasteiger partial charge in [-0.2, -0.15) is 0 Å². The molecule has 0 spiro atoms. The fourth-order valence-electron chi connectivity index (χ4n) is 4.47. The minimum atomic E-state index is -0.200. The van der Waals surface area contributed by atoms with Crippen LogP contribution in [0.1, 0.15) is 56.0 Å². The first kappa shape index (κ1) is 22.8. The highest BCUT2D eigenvalue weighted by Crippen LogP contribution is 2.42. The minimum absolute atomic E-state index is 0.120. The smallest absolute Gasteiger partial charge is 0.231 e. The van der Waals surface area contributed by atoms with Gasteiger partial charge in [-0.05, 0) is 78.9 Å². The van der Waals surface area contributed by atoms with E-state index in [0.29, 0.717) is 26.1 Å². The van der Waals surface area contributed by atoms with E-state index in [1.54, 1.807) is 0 Å². The number of carbonyl (C=O) groups excluding carboxylic acids is 2. The molecule has 1 amide bonds. The number of carbonyl (C=O) groups is 2. The molecule has 0 bridgehead atoms. The van der Waals surface area contributed by atoms with Gasteiger partial charge in [-0.1, -0.05) is 25.1 Å². The highest BCUT2D eigenvalue weighted by molar-refractivity contribution is 9.10. The lowest BCUT2D eigenvalue weighted by Gasteiger charge is -2.25. The van der Waals surface area contributed by atoms with Crippen LogP contribution in [0.2, 0.25) is 0 Å². The summed E-state index contributed by atoms with van der Waals surface area (Å²) in [5.41, 5.74) is 4.49. The van der Waals surface area contributed by atoms with Crippen LogP contribution in [-0.4, -0.2) is 48.0 Å². The minimum Gasteiger partial charge on any atom is -0.343 e. The molecule has 0 saturated heterocycles. The highest BCUT2D eigenvalue weighted by atomic mass is 79.9. The first-order chi connectivity index (χ1) is 14.5. The predicted molar refractivity (Wildman–Crippen MR) is 127 cm³/mol. The number of hydrogen-bond acceptors (Lipinski definition) is 3. The largest absolute Gasteiger partial charge is 0.343 e. The molecule has 1 atom stereocenters. The Balaban J connectivity index is 2.10. The maximum Gasteiger partial charge on any atom is 0.231 e. The maximum absolute atomic E-state index is 13.1. The Hall–Kier alpha value is -1.92. The van der Waals surface area contributed by atoms with Crippen molar-refractivity contribution in [3.63, 3.8) is 0 Å². The number of nitrogens with zero attached hydrogens (tertiary/aromatic N) is 2.